The molecule has 0 unspecified atom stereocenters. The molecule has 0 aromatic heterocycles. The van der Waals surface area contributed by atoms with E-state index in [1.165, 1.54) is 24.3 Å². The molecule has 10 heteroatoms. The molecule has 192 valence electrons. The molecule has 8 nitrogen and oxygen atoms in total. The van der Waals surface area contributed by atoms with Gasteiger partial charge in [0.15, 0.2) is 17.4 Å². The van der Waals surface area contributed by atoms with E-state index < -0.39 is 17.6 Å². The number of hydrogen-bond acceptors (Lipinski definition) is 8. The molecule has 37 heavy (non-hydrogen) atoms. The summed E-state index contributed by atoms with van der Waals surface area (Å²) >= 11 is 0. The largest absolute Gasteiger partial charge is 0.494 e. The zero-order valence-electron chi connectivity index (χ0n) is 20.3. The van der Waals surface area contributed by atoms with Crippen molar-refractivity contribution in [3.63, 3.8) is 0 Å². The third kappa shape index (κ3) is 8.92. The number of ether oxygens (including phenoxy) is 3. The Morgan fingerprint density at radius 1 is 0.811 bits per heavy atom. The molecule has 0 N–H and O–H groups in total. The number of benzene rings is 3. The van der Waals surface area contributed by atoms with Crippen LogP contribution in [0.2, 0.25) is 0 Å². The van der Waals surface area contributed by atoms with Crippen LogP contribution in [0, 0.1) is 11.6 Å². The molecule has 0 heterocycles. The Balaban J connectivity index is 1.52. The standard InChI is InChI=1S/C27H26F2N4O4/c1-3-27(34)37-16-6-5-15-36-26-14-10-21(18-24(26)29)32-33-25-13-9-20(17-23(25)28)31-30-19-7-11-22(12-8-19)35-4-2/h3,7-14,17-18H,1,4-6,15-16H2,2H3. The molecule has 0 aliphatic heterocycles. The lowest BCUT2D eigenvalue weighted by atomic mass is 10.3. The van der Waals surface area contributed by atoms with Crippen molar-refractivity contribution < 1.29 is 27.8 Å². The maximum absolute atomic E-state index is 14.5. The zero-order valence-corrected chi connectivity index (χ0v) is 20.3. The number of carbonyl (C=O) groups excluding carboxylic acids is 1. The maximum Gasteiger partial charge on any atom is 0.330 e. The number of hydrogen-bond donors (Lipinski definition) is 0. The molecule has 0 spiro atoms. The first-order valence-corrected chi connectivity index (χ1v) is 11.6. The van der Waals surface area contributed by atoms with Crippen molar-refractivity contribution >= 4 is 28.7 Å². The monoisotopic (exact) mass is 508 g/mol. The Labute approximate surface area is 213 Å². The molecule has 3 aromatic carbocycles. The zero-order chi connectivity index (χ0) is 26.5. The molecule has 3 rings (SSSR count). The molecule has 0 aliphatic carbocycles. The Bertz CT molecular complexity index is 1260. The van der Waals surface area contributed by atoms with Crippen LogP contribution in [0.4, 0.5) is 31.5 Å². The Morgan fingerprint density at radius 2 is 1.43 bits per heavy atom. The van der Waals surface area contributed by atoms with Crippen molar-refractivity contribution in [2.24, 2.45) is 20.5 Å². The summed E-state index contributed by atoms with van der Waals surface area (Å²) in [5.74, 6) is -0.982. The third-order valence-electron chi connectivity index (χ3n) is 4.76. The van der Waals surface area contributed by atoms with E-state index in [0.717, 1.165) is 17.9 Å². The topological polar surface area (TPSA) is 94.2 Å². The van der Waals surface area contributed by atoms with Crippen LogP contribution in [0.25, 0.3) is 0 Å². The first kappa shape index (κ1) is 27.1. The smallest absolute Gasteiger partial charge is 0.330 e. The highest BCUT2D eigenvalue weighted by atomic mass is 19.1. The van der Waals surface area contributed by atoms with Crippen LogP contribution in [0.1, 0.15) is 19.8 Å². The van der Waals surface area contributed by atoms with E-state index in [1.54, 1.807) is 30.3 Å². The van der Waals surface area contributed by atoms with Crippen LogP contribution in [0.15, 0.2) is 93.8 Å². The van der Waals surface area contributed by atoms with E-state index in [2.05, 4.69) is 27.0 Å². The van der Waals surface area contributed by atoms with E-state index in [0.29, 0.717) is 30.8 Å². The van der Waals surface area contributed by atoms with Gasteiger partial charge >= 0.3 is 5.97 Å². The van der Waals surface area contributed by atoms with Crippen molar-refractivity contribution in [2.75, 3.05) is 19.8 Å². The van der Waals surface area contributed by atoms with E-state index in [1.807, 2.05) is 6.92 Å². The Kier molecular flexibility index (Phi) is 10.4. The summed E-state index contributed by atoms with van der Waals surface area (Å²) < 4.78 is 44.4. The van der Waals surface area contributed by atoms with Crippen LogP contribution < -0.4 is 9.47 Å². The lowest BCUT2D eigenvalue weighted by Gasteiger charge is -2.07. The predicted molar refractivity (Wildman–Crippen MR) is 135 cm³/mol. The number of unbranched alkanes of at least 4 members (excludes halogenated alkanes) is 1. The van der Waals surface area contributed by atoms with Gasteiger partial charge in [-0.3, -0.25) is 0 Å². The molecule has 0 saturated carbocycles. The van der Waals surface area contributed by atoms with Crippen molar-refractivity contribution in [3.05, 3.63) is 85.0 Å². The Hall–Kier alpha value is -4.47. The van der Waals surface area contributed by atoms with Gasteiger partial charge in [-0.05, 0) is 68.3 Å². The minimum absolute atomic E-state index is 0.0297. The van der Waals surface area contributed by atoms with Crippen molar-refractivity contribution in [2.45, 2.75) is 19.8 Å². The number of azo groups is 2. The predicted octanol–water partition coefficient (Wildman–Crippen LogP) is 8.08. The second kappa shape index (κ2) is 14.2. The maximum atomic E-state index is 14.5. The number of esters is 1. The molecule has 0 saturated heterocycles. The summed E-state index contributed by atoms with van der Waals surface area (Å²) in [6.45, 7) is 6.26. The minimum Gasteiger partial charge on any atom is -0.494 e. The van der Waals surface area contributed by atoms with Gasteiger partial charge in [-0.2, -0.15) is 15.3 Å². The molecule has 0 amide bonds. The second-order valence-corrected chi connectivity index (χ2v) is 7.50. The highest BCUT2D eigenvalue weighted by Gasteiger charge is 2.07. The average Bonchev–Trinajstić information content (AvgIpc) is 2.90. The molecule has 0 bridgehead atoms. The van der Waals surface area contributed by atoms with Gasteiger partial charge in [-0.25, -0.2) is 13.6 Å². The SMILES string of the molecule is C=CC(=O)OCCCCOc1ccc(N=Nc2ccc(N=Nc3ccc(OCC)cc3)cc2F)cc1F. The molecule has 0 radical (unpaired) electrons. The highest BCUT2D eigenvalue weighted by Crippen LogP contribution is 2.29. The lowest BCUT2D eigenvalue weighted by molar-refractivity contribution is -0.137. The van der Waals surface area contributed by atoms with Crippen molar-refractivity contribution in [3.8, 4) is 11.5 Å². The van der Waals surface area contributed by atoms with E-state index in [-0.39, 0.29) is 30.3 Å². The summed E-state index contributed by atoms with van der Waals surface area (Å²) in [6.07, 6.45) is 2.23. The van der Waals surface area contributed by atoms with Gasteiger partial charge in [0.05, 0.1) is 36.9 Å². The quantitative estimate of drug-likeness (QED) is 0.101. The van der Waals surface area contributed by atoms with Gasteiger partial charge in [-0.15, -0.1) is 5.11 Å². The van der Waals surface area contributed by atoms with Crippen LogP contribution >= 0.6 is 0 Å². The fraction of sp³-hybridized carbons (Fsp3) is 0.222. The van der Waals surface area contributed by atoms with Crippen LogP contribution in [0.5, 0.6) is 11.5 Å². The van der Waals surface area contributed by atoms with E-state index in [4.69, 9.17) is 14.2 Å². The lowest BCUT2D eigenvalue weighted by Crippen LogP contribution is -2.04. The fourth-order valence-electron chi connectivity index (χ4n) is 2.93. The first-order valence-electron chi connectivity index (χ1n) is 11.6. The third-order valence-corrected chi connectivity index (χ3v) is 4.76. The van der Waals surface area contributed by atoms with E-state index in [9.17, 15) is 13.6 Å². The molecular formula is C27H26F2N4O4. The Morgan fingerprint density at radius 3 is 2.11 bits per heavy atom. The fourth-order valence-corrected chi connectivity index (χ4v) is 2.93. The van der Waals surface area contributed by atoms with Crippen molar-refractivity contribution in [1.29, 1.82) is 0 Å². The number of carbonyl (C=O) groups is 1. The van der Waals surface area contributed by atoms with Gasteiger partial charge in [0.1, 0.15) is 11.4 Å². The average molecular weight is 509 g/mol. The molecular weight excluding hydrogens is 482 g/mol. The van der Waals surface area contributed by atoms with Crippen molar-refractivity contribution in [1.82, 2.24) is 0 Å². The van der Waals surface area contributed by atoms with Gasteiger partial charge in [0.2, 0.25) is 0 Å². The van der Waals surface area contributed by atoms with Crippen LogP contribution in [-0.2, 0) is 9.53 Å². The summed E-state index contributed by atoms with van der Waals surface area (Å²) in [5.41, 5.74) is 1.06. The number of nitrogens with zero attached hydrogens (tertiary/aromatic N) is 4. The first-order chi connectivity index (χ1) is 18.0. The number of rotatable bonds is 13. The van der Waals surface area contributed by atoms with Gasteiger partial charge < -0.3 is 14.2 Å². The minimum atomic E-state index is -0.647. The van der Waals surface area contributed by atoms with Gasteiger partial charge in [-0.1, -0.05) is 6.58 Å². The second-order valence-electron chi connectivity index (χ2n) is 7.50. The molecule has 0 aliphatic rings. The van der Waals surface area contributed by atoms with E-state index >= 15 is 0 Å². The summed E-state index contributed by atoms with van der Waals surface area (Å²) in [7, 11) is 0. The highest BCUT2D eigenvalue weighted by molar-refractivity contribution is 5.81. The van der Waals surface area contributed by atoms with Gasteiger partial charge in [0, 0.05) is 18.2 Å². The molecule has 0 fully saturated rings. The van der Waals surface area contributed by atoms with Gasteiger partial charge in [0.25, 0.3) is 0 Å². The summed E-state index contributed by atoms with van der Waals surface area (Å²) in [5, 5.41) is 15.9. The van der Waals surface area contributed by atoms with Crippen LogP contribution in [-0.4, -0.2) is 25.8 Å². The number of halogens is 2. The molecule has 3 aromatic rings. The summed E-state index contributed by atoms with van der Waals surface area (Å²) in [4.78, 5) is 11.0. The van der Waals surface area contributed by atoms with Crippen LogP contribution in [0.3, 0.4) is 0 Å². The normalized spacial score (nSPS) is 11.1. The molecule has 0 atom stereocenters. The summed E-state index contributed by atoms with van der Waals surface area (Å²) in [6, 6.07) is 15.2.